The lowest BCUT2D eigenvalue weighted by Gasteiger charge is -2.22. The zero-order valence-electron chi connectivity index (χ0n) is 12.1. The van der Waals surface area contributed by atoms with Crippen LogP contribution in [0.25, 0.3) is 0 Å². The SMILES string of the molecule is COCCNC(=S)NC(c1ccccc1)c1ccccc1. The van der Waals surface area contributed by atoms with Crippen LogP contribution < -0.4 is 10.6 Å². The minimum absolute atomic E-state index is 0.0370. The first-order valence-corrected chi connectivity index (χ1v) is 7.35. The molecule has 0 heterocycles. The summed E-state index contributed by atoms with van der Waals surface area (Å²) < 4.78 is 5.02. The van der Waals surface area contributed by atoms with Crippen molar-refractivity contribution in [3.63, 3.8) is 0 Å². The molecule has 0 fully saturated rings. The van der Waals surface area contributed by atoms with E-state index >= 15 is 0 Å². The smallest absolute Gasteiger partial charge is 0.167 e. The summed E-state index contributed by atoms with van der Waals surface area (Å²) in [4.78, 5) is 0. The zero-order valence-corrected chi connectivity index (χ0v) is 12.9. The monoisotopic (exact) mass is 300 g/mol. The van der Waals surface area contributed by atoms with Crippen LogP contribution in [0, 0.1) is 0 Å². The highest BCUT2D eigenvalue weighted by Crippen LogP contribution is 2.21. The van der Waals surface area contributed by atoms with Gasteiger partial charge >= 0.3 is 0 Å². The lowest BCUT2D eigenvalue weighted by Crippen LogP contribution is -2.39. The molecule has 0 bridgehead atoms. The minimum atomic E-state index is 0.0370. The summed E-state index contributed by atoms with van der Waals surface area (Å²) in [6.07, 6.45) is 0. The molecule has 0 spiro atoms. The average Bonchev–Trinajstić information content (AvgIpc) is 2.54. The van der Waals surface area contributed by atoms with Crippen molar-refractivity contribution in [1.82, 2.24) is 10.6 Å². The molecule has 0 aliphatic heterocycles. The molecule has 0 aliphatic rings. The highest BCUT2D eigenvalue weighted by molar-refractivity contribution is 7.80. The fourth-order valence-corrected chi connectivity index (χ4v) is 2.32. The molecular formula is C17H20N2OS. The summed E-state index contributed by atoms with van der Waals surface area (Å²) in [5, 5.41) is 7.15. The van der Waals surface area contributed by atoms with Gasteiger partial charge in [0, 0.05) is 13.7 Å². The van der Waals surface area contributed by atoms with Crippen molar-refractivity contribution < 1.29 is 4.74 Å². The van der Waals surface area contributed by atoms with Crippen molar-refractivity contribution in [3.05, 3.63) is 71.8 Å². The molecule has 110 valence electrons. The summed E-state index contributed by atoms with van der Waals surface area (Å²) in [7, 11) is 1.68. The molecule has 2 aromatic rings. The van der Waals surface area contributed by atoms with Crippen LogP contribution in [-0.4, -0.2) is 25.4 Å². The zero-order chi connectivity index (χ0) is 14.9. The van der Waals surface area contributed by atoms with E-state index in [0.717, 1.165) is 0 Å². The molecule has 0 saturated carbocycles. The maximum atomic E-state index is 5.37. The summed E-state index contributed by atoms with van der Waals surface area (Å²) in [6, 6.07) is 20.6. The van der Waals surface area contributed by atoms with Gasteiger partial charge in [-0.1, -0.05) is 60.7 Å². The minimum Gasteiger partial charge on any atom is -0.383 e. The van der Waals surface area contributed by atoms with Crippen molar-refractivity contribution in [3.8, 4) is 0 Å². The molecule has 0 saturated heterocycles. The third-order valence-corrected chi connectivity index (χ3v) is 3.40. The van der Waals surface area contributed by atoms with Gasteiger partial charge in [0.15, 0.2) is 5.11 Å². The Morgan fingerprint density at radius 2 is 1.52 bits per heavy atom. The number of rotatable bonds is 6. The Hall–Kier alpha value is -1.91. The van der Waals surface area contributed by atoms with Crippen molar-refractivity contribution in [1.29, 1.82) is 0 Å². The van der Waals surface area contributed by atoms with E-state index in [9.17, 15) is 0 Å². The Balaban J connectivity index is 2.12. The Bertz CT molecular complexity index is 506. The highest BCUT2D eigenvalue weighted by Gasteiger charge is 2.14. The number of thiocarbonyl (C=S) groups is 1. The average molecular weight is 300 g/mol. The lowest BCUT2D eigenvalue weighted by molar-refractivity contribution is 0.204. The molecule has 2 N–H and O–H groups in total. The van der Waals surface area contributed by atoms with E-state index < -0.39 is 0 Å². The van der Waals surface area contributed by atoms with Crippen LogP contribution in [0.4, 0.5) is 0 Å². The van der Waals surface area contributed by atoms with Gasteiger partial charge in [0.05, 0.1) is 12.6 Å². The number of hydrogen-bond donors (Lipinski definition) is 2. The number of ether oxygens (including phenoxy) is 1. The molecule has 4 heteroatoms. The summed E-state index contributed by atoms with van der Waals surface area (Å²) >= 11 is 5.37. The van der Waals surface area contributed by atoms with Crippen LogP contribution in [0.15, 0.2) is 60.7 Å². The Labute approximate surface area is 131 Å². The number of hydrogen-bond acceptors (Lipinski definition) is 2. The van der Waals surface area contributed by atoms with Crippen LogP contribution >= 0.6 is 12.2 Å². The fourth-order valence-electron chi connectivity index (χ4n) is 2.10. The first-order chi connectivity index (χ1) is 10.3. The third kappa shape index (κ3) is 4.85. The maximum Gasteiger partial charge on any atom is 0.167 e. The Morgan fingerprint density at radius 1 is 1.00 bits per heavy atom. The van der Waals surface area contributed by atoms with E-state index in [0.29, 0.717) is 18.3 Å². The second-order valence-electron chi connectivity index (χ2n) is 4.65. The van der Waals surface area contributed by atoms with Crippen LogP contribution in [0.3, 0.4) is 0 Å². The van der Waals surface area contributed by atoms with Crippen molar-refractivity contribution >= 4 is 17.3 Å². The molecular weight excluding hydrogens is 280 g/mol. The Morgan fingerprint density at radius 3 is 2.00 bits per heavy atom. The van der Waals surface area contributed by atoms with E-state index in [1.54, 1.807) is 7.11 Å². The fraction of sp³-hybridized carbons (Fsp3) is 0.235. The van der Waals surface area contributed by atoms with Gasteiger partial charge in [-0.2, -0.15) is 0 Å². The van der Waals surface area contributed by atoms with E-state index in [1.165, 1.54) is 11.1 Å². The van der Waals surface area contributed by atoms with Crippen LogP contribution in [-0.2, 0) is 4.74 Å². The third-order valence-electron chi connectivity index (χ3n) is 3.13. The molecule has 2 aromatic carbocycles. The molecule has 0 aliphatic carbocycles. The van der Waals surface area contributed by atoms with E-state index in [2.05, 4.69) is 34.9 Å². The van der Waals surface area contributed by atoms with Crippen molar-refractivity contribution in [2.75, 3.05) is 20.3 Å². The number of benzene rings is 2. The first kappa shape index (κ1) is 15.5. The maximum absolute atomic E-state index is 5.37. The van der Waals surface area contributed by atoms with Gasteiger partial charge in [0.25, 0.3) is 0 Å². The van der Waals surface area contributed by atoms with Gasteiger partial charge in [-0.25, -0.2) is 0 Å². The molecule has 2 rings (SSSR count). The molecule has 0 amide bonds. The predicted molar refractivity (Wildman–Crippen MR) is 90.3 cm³/mol. The van der Waals surface area contributed by atoms with Crippen molar-refractivity contribution in [2.24, 2.45) is 0 Å². The highest BCUT2D eigenvalue weighted by atomic mass is 32.1. The van der Waals surface area contributed by atoms with Gasteiger partial charge in [0.2, 0.25) is 0 Å². The largest absolute Gasteiger partial charge is 0.383 e. The van der Waals surface area contributed by atoms with Gasteiger partial charge in [0.1, 0.15) is 0 Å². The number of methoxy groups -OCH3 is 1. The standard InChI is InChI=1S/C17H20N2OS/c1-20-13-12-18-17(21)19-16(14-8-4-2-5-9-14)15-10-6-3-7-11-15/h2-11,16H,12-13H2,1H3,(H2,18,19,21). The normalized spacial score (nSPS) is 10.4. The van der Waals surface area contributed by atoms with Crippen molar-refractivity contribution in [2.45, 2.75) is 6.04 Å². The molecule has 0 unspecified atom stereocenters. The van der Waals surface area contributed by atoms with E-state index in [4.69, 9.17) is 17.0 Å². The lowest BCUT2D eigenvalue weighted by atomic mass is 9.99. The van der Waals surface area contributed by atoms with Crippen LogP contribution in [0.2, 0.25) is 0 Å². The Kier molecular flexibility index (Phi) is 6.19. The van der Waals surface area contributed by atoms with Crippen LogP contribution in [0.5, 0.6) is 0 Å². The van der Waals surface area contributed by atoms with E-state index in [-0.39, 0.29) is 6.04 Å². The molecule has 0 aromatic heterocycles. The van der Waals surface area contributed by atoms with Crippen LogP contribution in [0.1, 0.15) is 17.2 Å². The van der Waals surface area contributed by atoms with Gasteiger partial charge in [-0.05, 0) is 23.3 Å². The van der Waals surface area contributed by atoms with Gasteiger partial charge < -0.3 is 15.4 Å². The second-order valence-corrected chi connectivity index (χ2v) is 5.06. The molecule has 3 nitrogen and oxygen atoms in total. The summed E-state index contributed by atoms with van der Waals surface area (Å²) in [6.45, 7) is 1.32. The summed E-state index contributed by atoms with van der Waals surface area (Å²) in [5.41, 5.74) is 2.36. The summed E-state index contributed by atoms with van der Waals surface area (Å²) in [5.74, 6) is 0. The molecule has 0 radical (unpaired) electrons. The molecule has 21 heavy (non-hydrogen) atoms. The number of nitrogens with one attached hydrogen (secondary N) is 2. The first-order valence-electron chi connectivity index (χ1n) is 6.94. The predicted octanol–water partition coefficient (Wildman–Crippen LogP) is 2.89. The van der Waals surface area contributed by atoms with E-state index in [1.807, 2.05) is 36.4 Å². The topological polar surface area (TPSA) is 33.3 Å². The second kappa shape index (κ2) is 8.39. The molecule has 0 atom stereocenters. The quantitative estimate of drug-likeness (QED) is 0.635. The van der Waals surface area contributed by atoms with Gasteiger partial charge in [-0.3, -0.25) is 0 Å². The van der Waals surface area contributed by atoms with Gasteiger partial charge in [-0.15, -0.1) is 0 Å².